The molecule has 1 saturated heterocycles. The van der Waals surface area contributed by atoms with Gasteiger partial charge < -0.3 is 10.2 Å². The summed E-state index contributed by atoms with van der Waals surface area (Å²) >= 11 is 0. The van der Waals surface area contributed by atoms with Crippen LogP contribution >= 0.6 is 0 Å². The van der Waals surface area contributed by atoms with Gasteiger partial charge in [0.15, 0.2) is 0 Å². The minimum absolute atomic E-state index is 1.11. The molecular weight excluding hydrogens is 234 g/mol. The monoisotopic (exact) mass is 254 g/mol. The van der Waals surface area contributed by atoms with Crippen LogP contribution in [-0.2, 0) is 0 Å². The third-order valence-electron chi connectivity index (χ3n) is 3.64. The van der Waals surface area contributed by atoms with E-state index in [1.807, 2.05) is 18.5 Å². The summed E-state index contributed by atoms with van der Waals surface area (Å²) < 4.78 is 0. The Hall–Kier alpha value is -1.87. The Morgan fingerprint density at radius 3 is 2.74 bits per heavy atom. The summed E-state index contributed by atoms with van der Waals surface area (Å²) in [5, 5.41) is 2.40. The molecule has 3 nitrogen and oxygen atoms in total. The zero-order chi connectivity index (χ0) is 12.9. The van der Waals surface area contributed by atoms with E-state index in [9.17, 15) is 0 Å². The van der Waals surface area contributed by atoms with Crippen molar-refractivity contribution in [2.24, 2.45) is 0 Å². The van der Waals surface area contributed by atoms with Crippen LogP contribution in [-0.4, -0.2) is 31.2 Å². The van der Waals surface area contributed by atoms with Gasteiger partial charge in [-0.25, -0.2) is 0 Å². The Morgan fingerprint density at radius 1 is 0.947 bits per heavy atom. The molecule has 2 N–H and O–H groups in total. The van der Waals surface area contributed by atoms with E-state index >= 15 is 0 Å². The molecule has 0 amide bonds. The fraction of sp³-hybridized carbons (Fsp3) is 0.312. The Morgan fingerprint density at radius 2 is 1.84 bits per heavy atom. The molecule has 2 aromatic rings. The summed E-state index contributed by atoms with van der Waals surface area (Å²) in [6.07, 6.45) is 5.18. The quantitative estimate of drug-likeness (QED) is 0.881. The lowest BCUT2D eigenvalue weighted by Crippen LogP contribution is -2.84. The molecule has 3 heteroatoms. The molecule has 0 spiro atoms. The second kappa shape index (κ2) is 5.85. The maximum Gasteiger partial charge on any atom is 0.0933 e. The zero-order valence-corrected chi connectivity index (χ0v) is 11.1. The normalized spacial score (nSPS) is 16.1. The SMILES string of the molecule is c1ccc(-c2cncc(N3CCC[NH2+]CC3)c2)cc1. The number of aromatic nitrogens is 1. The molecule has 0 unspecified atom stereocenters. The van der Waals surface area contributed by atoms with Gasteiger partial charge in [-0.2, -0.15) is 0 Å². The highest BCUT2D eigenvalue weighted by molar-refractivity contribution is 5.67. The molecule has 0 bridgehead atoms. The van der Waals surface area contributed by atoms with Crippen molar-refractivity contribution in [2.45, 2.75) is 6.42 Å². The predicted molar refractivity (Wildman–Crippen MR) is 78.2 cm³/mol. The lowest BCUT2D eigenvalue weighted by Gasteiger charge is -2.21. The van der Waals surface area contributed by atoms with Gasteiger partial charge in [-0.1, -0.05) is 30.3 Å². The number of nitrogens with two attached hydrogens (primary N) is 1. The van der Waals surface area contributed by atoms with E-state index in [2.05, 4.69) is 45.5 Å². The fourth-order valence-corrected chi connectivity index (χ4v) is 2.58. The van der Waals surface area contributed by atoms with Gasteiger partial charge in [0.05, 0.1) is 31.5 Å². The van der Waals surface area contributed by atoms with Gasteiger partial charge in [0.25, 0.3) is 0 Å². The first kappa shape index (κ1) is 12.2. The molecule has 0 radical (unpaired) electrons. The second-order valence-electron chi connectivity index (χ2n) is 5.00. The summed E-state index contributed by atoms with van der Waals surface area (Å²) in [5.74, 6) is 0. The van der Waals surface area contributed by atoms with Gasteiger partial charge >= 0.3 is 0 Å². The number of anilines is 1. The summed E-state index contributed by atoms with van der Waals surface area (Å²) in [6, 6.07) is 12.7. The highest BCUT2D eigenvalue weighted by Gasteiger charge is 2.12. The molecule has 1 aliphatic heterocycles. The van der Waals surface area contributed by atoms with Crippen molar-refractivity contribution in [1.29, 1.82) is 0 Å². The molecule has 98 valence electrons. The van der Waals surface area contributed by atoms with E-state index in [4.69, 9.17) is 0 Å². The summed E-state index contributed by atoms with van der Waals surface area (Å²) in [6.45, 7) is 4.66. The highest BCUT2D eigenvalue weighted by Crippen LogP contribution is 2.23. The lowest BCUT2D eigenvalue weighted by atomic mass is 10.1. The Balaban J connectivity index is 1.87. The van der Waals surface area contributed by atoms with Crippen LogP contribution in [0.3, 0.4) is 0 Å². The van der Waals surface area contributed by atoms with Crippen LogP contribution in [0.25, 0.3) is 11.1 Å². The third-order valence-corrected chi connectivity index (χ3v) is 3.64. The first-order valence-corrected chi connectivity index (χ1v) is 7.00. The van der Waals surface area contributed by atoms with Crippen molar-refractivity contribution >= 4 is 5.69 Å². The van der Waals surface area contributed by atoms with Crippen molar-refractivity contribution < 1.29 is 5.32 Å². The Bertz CT molecular complexity index is 517. The fourth-order valence-electron chi connectivity index (χ4n) is 2.58. The average Bonchev–Trinajstić information content (AvgIpc) is 2.77. The number of quaternary nitrogens is 1. The van der Waals surface area contributed by atoms with Crippen LogP contribution in [0.4, 0.5) is 5.69 Å². The van der Waals surface area contributed by atoms with Gasteiger partial charge in [0, 0.05) is 24.7 Å². The predicted octanol–water partition coefficient (Wildman–Crippen LogP) is 1.52. The van der Waals surface area contributed by atoms with Gasteiger partial charge in [-0.15, -0.1) is 0 Å². The molecule has 1 aromatic heterocycles. The summed E-state index contributed by atoms with van der Waals surface area (Å²) in [5.41, 5.74) is 3.68. The summed E-state index contributed by atoms with van der Waals surface area (Å²) in [4.78, 5) is 6.86. The first-order valence-electron chi connectivity index (χ1n) is 7.00. The van der Waals surface area contributed by atoms with Crippen LogP contribution in [0.15, 0.2) is 48.8 Å². The average molecular weight is 254 g/mol. The van der Waals surface area contributed by atoms with E-state index < -0.39 is 0 Å². The molecular formula is C16H20N3+. The number of pyridine rings is 1. The molecule has 0 aliphatic carbocycles. The van der Waals surface area contributed by atoms with E-state index in [1.54, 1.807) is 0 Å². The maximum atomic E-state index is 4.41. The smallest absolute Gasteiger partial charge is 0.0933 e. The topological polar surface area (TPSA) is 32.7 Å². The Labute approximate surface area is 114 Å². The summed E-state index contributed by atoms with van der Waals surface area (Å²) in [7, 11) is 0. The van der Waals surface area contributed by atoms with E-state index in [0.29, 0.717) is 0 Å². The number of rotatable bonds is 2. The van der Waals surface area contributed by atoms with Crippen LogP contribution in [0, 0.1) is 0 Å². The number of benzene rings is 1. The Kier molecular flexibility index (Phi) is 3.75. The molecule has 1 fully saturated rings. The first-order chi connectivity index (χ1) is 9.43. The highest BCUT2D eigenvalue weighted by atomic mass is 15.2. The third kappa shape index (κ3) is 2.93. The van der Waals surface area contributed by atoms with Crippen molar-refractivity contribution in [2.75, 3.05) is 31.1 Å². The maximum absolute atomic E-state index is 4.41. The standard InChI is InChI=1S/C16H19N3/c1-2-5-14(6-3-1)15-11-16(13-18-12-15)19-9-4-7-17-8-10-19/h1-3,5-6,11-13,17H,4,7-10H2/p+1. The second-order valence-corrected chi connectivity index (χ2v) is 5.00. The van der Waals surface area contributed by atoms with Crippen LogP contribution in [0.5, 0.6) is 0 Å². The van der Waals surface area contributed by atoms with Crippen molar-refractivity contribution in [3.63, 3.8) is 0 Å². The number of nitrogens with zero attached hydrogens (tertiary/aromatic N) is 2. The van der Waals surface area contributed by atoms with E-state index in [0.717, 1.165) is 13.1 Å². The number of hydrogen-bond acceptors (Lipinski definition) is 2. The van der Waals surface area contributed by atoms with E-state index in [1.165, 1.54) is 36.3 Å². The van der Waals surface area contributed by atoms with Crippen molar-refractivity contribution in [1.82, 2.24) is 4.98 Å². The molecule has 1 aliphatic rings. The molecule has 2 heterocycles. The van der Waals surface area contributed by atoms with Gasteiger partial charge in [-0.3, -0.25) is 4.98 Å². The minimum Gasteiger partial charge on any atom is -0.364 e. The molecule has 3 rings (SSSR count). The van der Waals surface area contributed by atoms with Crippen molar-refractivity contribution in [3.8, 4) is 11.1 Å². The van der Waals surface area contributed by atoms with Gasteiger partial charge in [0.1, 0.15) is 0 Å². The van der Waals surface area contributed by atoms with Gasteiger partial charge in [0.2, 0.25) is 0 Å². The molecule has 19 heavy (non-hydrogen) atoms. The van der Waals surface area contributed by atoms with Crippen molar-refractivity contribution in [3.05, 3.63) is 48.8 Å². The zero-order valence-electron chi connectivity index (χ0n) is 11.1. The van der Waals surface area contributed by atoms with Crippen LogP contribution < -0.4 is 10.2 Å². The number of hydrogen-bond donors (Lipinski definition) is 1. The molecule has 1 aromatic carbocycles. The largest absolute Gasteiger partial charge is 0.364 e. The van der Waals surface area contributed by atoms with E-state index in [-0.39, 0.29) is 0 Å². The van der Waals surface area contributed by atoms with Crippen LogP contribution in [0.1, 0.15) is 6.42 Å². The van der Waals surface area contributed by atoms with Gasteiger partial charge in [-0.05, 0) is 11.6 Å². The lowest BCUT2D eigenvalue weighted by molar-refractivity contribution is -0.650. The molecule has 0 saturated carbocycles. The molecule has 0 atom stereocenters. The minimum atomic E-state index is 1.11. The van der Waals surface area contributed by atoms with Crippen LogP contribution in [0.2, 0.25) is 0 Å².